The average molecular weight is 193 g/mol. The fourth-order valence-electron chi connectivity index (χ4n) is 1.61. The van der Waals surface area contributed by atoms with Gasteiger partial charge in [-0.15, -0.1) is 0 Å². The molecule has 13 heavy (non-hydrogen) atoms. The van der Waals surface area contributed by atoms with Gasteiger partial charge in [-0.3, -0.25) is 0 Å². The Morgan fingerprint density at radius 2 is 2.31 bits per heavy atom. The molecule has 0 spiro atoms. The van der Waals surface area contributed by atoms with Crippen LogP contribution >= 0.6 is 0 Å². The number of ether oxygens (including phenoxy) is 1. The van der Waals surface area contributed by atoms with Gasteiger partial charge in [0.2, 0.25) is 0 Å². The highest BCUT2D eigenvalue weighted by molar-refractivity contribution is 4.81. The molecule has 1 fully saturated rings. The Labute approximate surface area is 77.6 Å². The summed E-state index contributed by atoms with van der Waals surface area (Å²) in [6.45, 7) is 3.74. The van der Waals surface area contributed by atoms with Gasteiger partial charge in [-0.25, -0.2) is 8.78 Å². The second-order valence-corrected chi connectivity index (χ2v) is 3.44. The summed E-state index contributed by atoms with van der Waals surface area (Å²) < 4.78 is 30.2. The van der Waals surface area contributed by atoms with E-state index in [1.165, 1.54) is 0 Å². The Morgan fingerprint density at radius 1 is 1.54 bits per heavy atom. The van der Waals surface area contributed by atoms with Crippen molar-refractivity contribution in [3.8, 4) is 0 Å². The molecule has 0 aliphatic carbocycles. The van der Waals surface area contributed by atoms with E-state index in [0.717, 1.165) is 12.8 Å². The van der Waals surface area contributed by atoms with E-state index in [1.807, 2.05) is 6.92 Å². The predicted octanol–water partition coefficient (Wildman–Crippen LogP) is 1.66. The van der Waals surface area contributed by atoms with Crippen LogP contribution in [0.25, 0.3) is 0 Å². The molecule has 0 aromatic carbocycles. The van der Waals surface area contributed by atoms with Crippen LogP contribution in [-0.2, 0) is 4.74 Å². The lowest BCUT2D eigenvalue weighted by atomic mass is 9.99. The zero-order valence-electron chi connectivity index (χ0n) is 7.93. The molecule has 0 bridgehead atoms. The molecular formula is C9H17F2NO. The summed E-state index contributed by atoms with van der Waals surface area (Å²) in [6.07, 6.45) is -0.638. The maximum atomic E-state index is 12.6. The standard InChI is InChI=1S/C9H17F2NO/c1-2-4-12-8(9(10)11)7-3-5-13-6-7/h7-9,12H,2-6H2,1H3. The van der Waals surface area contributed by atoms with E-state index >= 15 is 0 Å². The summed E-state index contributed by atoms with van der Waals surface area (Å²) >= 11 is 0. The normalized spacial score (nSPS) is 25.4. The molecule has 78 valence electrons. The van der Waals surface area contributed by atoms with E-state index in [-0.39, 0.29) is 5.92 Å². The Bertz CT molecular complexity index is 138. The van der Waals surface area contributed by atoms with Gasteiger partial charge >= 0.3 is 0 Å². The van der Waals surface area contributed by atoms with Gasteiger partial charge in [0.1, 0.15) is 0 Å². The maximum Gasteiger partial charge on any atom is 0.254 e. The van der Waals surface area contributed by atoms with Crippen molar-refractivity contribution < 1.29 is 13.5 Å². The van der Waals surface area contributed by atoms with Crippen LogP contribution in [0.2, 0.25) is 0 Å². The molecule has 1 N–H and O–H groups in total. The van der Waals surface area contributed by atoms with Crippen molar-refractivity contribution in [1.29, 1.82) is 0 Å². The molecule has 2 atom stereocenters. The molecule has 0 saturated carbocycles. The van der Waals surface area contributed by atoms with E-state index in [9.17, 15) is 8.78 Å². The number of rotatable bonds is 5. The van der Waals surface area contributed by atoms with E-state index in [2.05, 4.69) is 5.32 Å². The highest BCUT2D eigenvalue weighted by atomic mass is 19.3. The van der Waals surface area contributed by atoms with Gasteiger partial charge in [-0.1, -0.05) is 6.92 Å². The van der Waals surface area contributed by atoms with Crippen molar-refractivity contribution in [2.75, 3.05) is 19.8 Å². The first-order valence-corrected chi connectivity index (χ1v) is 4.85. The molecule has 0 aromatic heterocycles. The van der Waals surface area contributed by atoms with E-state index in [4.69, 9.17) is 4.74 Å². The monoisotopic (exact) mass is 193 g/mol. The molecule has 1 rings (SSSR count). The molecule has 1 saturated heterocycles. The summed E-state index contributed by atoms with van der Waals surface area (Å²) in [4.78, 5) is 0. The minimum atomic E-state index is -2.28. The zero-order valence-corrected chi connectivity index (χ0v) is 7.93. The van der Waals surface area contributed by atoms with Crippen molar-refractivity contribution in [3.63, 3.8) is 0 Å². The molecule has 1 heterocycles. The van der Waals surface area contributed by atoms with Crippen molar-refractivity contribution >= 4 is 0 Å². The van der Waals surface area contributed by atoms with Crippen molar-refractivity contribution in [1.82, 2.24) is 5.32 Å². The fourth-order valence-corrected chi connectivity index (χ4v) is 1.61. The molecule has 4 heteroatoms. The van der Waals surface area contributed by atoms with Crippen LogP contribution in [0.15, 0.2) is 0 Å². The smallest absolute Gasteiger partial charge is 0.254 e. The first-order chi connectivity index (χ1) is 6.25. The molecular weight excluding hydrogens is 176 g/mol. The third-order valence-electron chi connectivity index (χ3n) is 2.37. The van der Waals surface area contributed by atoms with Crippen LogP contribution in [0.5, 0.6) is 0 Å². The SMILES string of the molecule is CCCNC(C(F)F)C1CCOC1. The quantitative estimate of drug-likeness (QED) is 0.717. The second-order valence-electron chi connectivity index (χ2n) is 3.44. The summed E-state index contributed by atoms with van der Waals surface area (Å²) in [5.74, 6) is -0.00782. The largest absolute Gasteiger partial charge is 0.381 e. The molecule has 0 amide bonds. The topological polar surface area (TPSA) is 21.3 Å². The Kier molecular flexibility index (Phi) is 4.59. The number of halogens is 2. The molecule has 1 aliphatic heterocycles. The summed E-state index contributed by atoms with van der Waals surface area (Å²) in [5.41, 5.74) is 0. The van der Waals surface area contributed by atoms with Gasteiger partial charge in [0.05, 0.1) is 12.6 Å². The predicted molar refractivity (Wildman–Crippen MR) is 47.0 cm³/mol. The van der Waals surface area contributed by atoms with Gasteiger partial charge in [-0.2, -0.15) is 0 Å². The molecule has 1 aliphatic rings. The van der Waals surface area contributed by atoms with Crippen LogP contribution in [0.4, 0.5) is 8.78 Å². The van der Waals surface area contributed by atoms with E-state index in [1.54, 1.807) is 0 Å². The molecule has 0 aromatic rings. The minimum absolute atomic E-state index is 0.00782. The number of hydrogen-bond donors (Lipinski definition) is 1. The van der Waals surface area contributed by atoms with Gasteiger partial charge in [0, 0.05) is 12.5 Å². The lowest BCUT2D eigenvalue weighted by Gasteiger charge is -2.22. The summed E-state index contributed by atoms with van der Waals surface area (Å²) in [5, 5.41) is 2.88. The number of nitrogens with one attached hydrogen (secondary N) is 1. The van der Waals surface area contributed by atoms with Crippen LogP contribution in [-0.4, -0.2) is 32.2 Å². The first-order valence-electron chi connectivity index (χ1n) is 4.85. The number of hydrogen-bond acceptors (Lipinski definition) is 2. The molecule has 0 radical (unpaired) electrons. The third kappa shape index (κ3) is 3.19. The Hall–Kier alpha value is -0.220. The van der Waals surface area contributed by atoms with Crippen molar-refractivity contribution in [3.05, 3.63) is 0 Å². The van der Waals surface area contributed by atoms with E-state index < -0.39 is 12.5 Å². The lowest BCUT2D eigenvalue weighted by Crippen LogP contribution is -2.42. The average Bonchev–Trinajstić information content (AvgIpc) is 2.57. The van der Waals surface area contributed by atoms with Gasteiger partial charge in [0.15, 0.2) is 0 Å². The van der Waals surface area contributed by atoms with Gasteiger partial charge in [-0.05, 0) is 19.4 Å². The summed E-state index contributed by atoms with van der Waals surface area (Å²) in [6, 6.07) is -0.678. The van der Waals surface area contributed by atoms with Crippen molar-refractivity contribution in [2.24, 2.45) is 5.92 Å². The third-order valence-corrected chi connectivity index (χ3v) is 2.37. The summed E-state index contributed by atoms with van der Waals surface area (Å²) in [7, 11) is 0. The van der Waals surface area contributed by atoms with Crippen molar-refractivity contribution in [2.45, 2.75) is 32.2 Å². The fraction of sp³-hybridized carbons (Fsp3) is 1.00. The molecule has 2 nitrogen and oxygen atoms in total. The van der Waals surface area contributed by atoms with Crippen LogP contribution in [0.3, 0.4) is 0 Å². The van der Waals surface area contributed by atoms with Crippen LogP contribution in [0, 0.1) is 5.92 Å². The highest BCUT2D eigenvalue weighted by Gasteiger charge is 2.31. The highest BCUT2D eigenvalue weighted by Crippen LogP contribution is 2.21. The second kappa shape index (κ2) is 5.50. The van der Waals surface area contributed by atoms with Crippen LogP contribution in [0.1, 0.15) is 19.8 Å². The lowest BCUT2D eigenvalue weighted by molar-refractivity contribution is 0.0630. The molecule has 2 unspecified atom stereocenters. The van der Waals surface area contributed by atoms with Gasteiger partial charge < -0.3 is 10.1 Å². The van der Waals surface area contributed by atoms with Gasteiger partial charge in [0.25, 0.3) is 6.43 Å². The Morgan fingerprint density at radius 3 is 2.77 bits per heavy atom. The van der Waals surface area contributed by atoms with Crippen LogP contribution < -0.4 is 5.32 Å². The minimum Gasteiger partial charge on any atom is -0.381 e. The van der Waals surface area contributed by atoms with E-state index in [0.29, 0.717) is 19.8 Å². The maximum absolute atomic E-state index is 12.6. The first kappa shape index (κ1) is 10.9. The number of alkyl halides is 2. The Balaban J connectivity index is 2.36. The zero-order chi connectivity index (χ0) is 9.68.